The smallest absolute Gasteiger partial charge is 0.257 e. The first-order chi connectivity index (χ1) is 20.1. The fourth-order valence-electron chi connectivity index (χ4n) is 7.31. The van der Waals surface area contributed by atoms with Gasteiger partial charge < -0.3 is 15.1 Å². The van der Waals surface area contributed by atoms with Crippen molar-refractivity contribution >= 4 is 29.3 Å². The summed E-state index contributed by atoms with van der Waals surface area (Å²) in [6.45, 7) is 6.61. The lowest BCUT2D eigenvalue weighted by molar-refractivity contribution is -0.151. The first-order valence-electron chi connectivity index (χ1n) is 14.9. The van der Waals surface area contributed by atoms with Gasteiger partial charge in [0.2, 0.25) is 11.8 Å². The third-order valence-electron chi connectivity index (χ3n) is 9.95. The largest absolute Gasteiger partial charge is 0.349 e. The van der Waals surface area contributed by atoms with Crippen molar-refractivity contribution in [3.63, 3.8) is 0 Å². The summed E-state index contributed by atoms with van der Waals surface area (Å²) in [5, 5.41) is 8.43. The van der Waals surface area contributed by atoms with Crippen molar-refractivity contribution in [3.05, 3.63) is 88.2 Å². The van der Waals surface area contributed by atoms with Crippen LogP contribution in [0.3, 0.4) is 0 Å². The third-order valence-corrected chi connectivity index (χ3v) is 10.2. The summed E-state index contributed by atoms with van der Waals surface area (Å²) in [5.41, 5.74) is 3.50. The Morgan fingerprint density at radius 3 is 2.50 bits per heavy atom. The number of nitrogens with zero attached hydrogens (tertiary/aromatic N) is 4. The number of likely N-dealkylation sites (tertiary alicyclic amines) is 2. The van der Waals surface area contributed by atoms with Gasteiger partial charge >= 0.3 is 0 Å². The van der Waals surface area contributed by atoms with Crippen LogP contribution in [0.1, 0.15) is 59.8 Å². The molecule has 3 aromatic rings. The van der Waals surface area contributed by atoms with Crippen LogP contribution in [0.5, 0.6) is 0 Å². The number of aryl methyl sites for hydroxylation is 1. The van der Waals surface area contributed by atoms with E-state index < -0.39 is 11.3 Å². The molecule has 1 aromatic heterocycles. The molecule has 3 atom stereocenters. The van der Waals surface area contributed by atoms with Crippen molar-refractivity contribution in [1.82, 2.24) is 24.9 Å². The highest BCUT2D eigenvalue weighted by Crippen LogP contribution is 2.54. The van der Waals surface area contributed by atoms with E-state index in [9.17, 15) is 14.4 Å². The summed E-state index contributed by atoms with van der Waals surface area (Å²) in [4.78, 5) is 44.5. The minimum Gasteiger partial charge on any atom is -0.349 e. The summed E-state index contributed by atoms with van der Waals surface area (Å²) in [5.74, 6) is -0.333. The normalized spacial score (nSPS) is 24.8. The second-order valence-electron chi connectivity index (χ2n) is 13.4. The number of hydrogen-bond acceptors (Lipinski definition) is 4. The van der Waals surface area contributed by atoms with Gasteiger partial charge in [-0.3, -0.25) is 19.1 Å². The molecule has 4 aliphatic rings. The number of fused-ring (bicyclic) bond motifs is 1. The predicted molar refractivity (Wildman–Crippen MR) is 159 cm³/mol. The Labute approximate surface area is 251 Å². The van der Waals surface area contributed by atoms with E-state index >= 15 is 0 Å². The van der Waals surface area contributed by atoms with E-state index in [2.05, 4.69) is 24.3 Å². The Hall–Kier alpha value is -3.65. The van der Waals surface area contributed by atoms with Gasteiger partial charge in [-0.15, -0.1) is 0 Å². The molecule has 1 spiro atoms. The number of rotatable bonds is 6. The van der Waals surface area contributed by atoms with Gasteiger partial charge in [-0.1, -0.05) is 61.8 Å². The topological polar surface area (TPSA) is 87.5 Å². The lowest BCUT2D eigenvalue weighted by atomic mass is 9.70. The van der Waals surface area contributed by atoms with Crippen LogP contribution in [0.2, 0.25) is 5.02 Å². The minimum absolute atomic E-state index is 0.0447. The molecule has 2 aliphatic heterocycles. The minimum atomic E-state index is -0.449. The average molecular weight is 586 g/mol. The predicted octanol–water partition coefficient (Wildman–Crippen LogP) is 4.34. The number of carbonyl (C=O) groups is 3. The summed E-state index contributed by atoms with van der Waals surface area (Å²) in [6.07, 6.45) is 5.99. The molecule has 0 radical (unpaired) electrons. The van der Waals surface area contributed by atoms with Gasteiger partial charge in [-0.25, -0.2) is 0 Å². The van der Waals surface area contributed by atoms with Gasteiger partial charge in [0.15, 0.2) is 0 Å². The SMILES string of the molecule is CC1(C)C[C@@H]1C(=O)N1CC2(CN(C(=O)c3cnn(Cc4ccccc4)c3)C[C@@H]2C(=O)N[C@H]2CCc3cc(Cl)ccc32)C1. The molecule has 7 rings (SSSR count). The zero-order chi connectivity index (χ0) is 29.2. The molecule has 218 valence electrons. The van der Waals surface area contributed by atoms with Crippen molar-refractivity contribution < 1.29 is 14.4 Å². The number of carbonyl (C=O) groups excluding carboxylic acids is 3. The van der Waals surface area contributed by atoms with Gasteiger partial charge in [0.1, 0.15) is 0 Å². The van der Waals surface area contributed by atoms with Gasteiger partial charge in [-0.2, -0.15) is 5.10 Å². The van der Waals surface area contributed by atoms with Gasteiger partial charge in [-0.05, 0) is 53.5 Å². The molecular weight excluding hydrogens is 550 g/mol. The van der Waals surface area contributed by atoms with Crippen LogP contribution in [-0.2, 0) is 22.6 Å². The maximum atomic E-state index is 13.9. The number of nitrogens with one attached hydrogen (secondary N) is 1. The average Bonchev–Trinajstić information content (AvgIpc) is 3.37. The standard InChI is InChI=1S/C33H36ClN5O3/c1-32(2)13-26(32)31(42)38-19-33(20-38)18-37(30(41)23-14-35-39(16-23)15-21-6-4-3-5-7-21)17-27(33)29(40)36-28-11-8-22-12-24(34)9-10-25(22)28/h3-7,9-10,12,14,16,26-28H,8,11,13,15,17-20H2,1-2H3,(H,36,40)/t26-,27-,28+/m1/s1. The van der Waals surface area contributed by atoms with Crippen molar-refractivity contribution in [1.29, 1.82) is 0 Å². The van der Waals surface area contributed by atoms with Crippen LogP contribution in [0.15, 0.2) is 60.9 Å². The molecule has 3 heterocycles. The molecule has 8 nitrogen and oxygen atoms in total. The Morgan fingerprint density at radius 2 is 1.76 bits per heavy atom. The van der Waals surface area contributed by atoms with Crippen LogP contribution in [0, 0.1) is 22.7 Å². The molecule has 3 fully saturated rings. The van der Waals surface area contributed by atoms with Crippen LogP contribution >= 0.6 is 11.6 Å². The van der Waals surface area contributed by atoms with E-state index in [1.165, 1.54) is 5.56 Å². The van der Waals surface area contributed by atoms with E-state index in [1.807, 2.05) is 53.4 Å². The van der Waals surface area contributed by atoms with E-state index in [-0.39, 0.29) is 35.1 Å². The highest BCUT2D eigenvalue weighted by atomic mass is 35.5. The van der Waals surface area contributed by atoms with Crippen molar-refractivity contribution in [2.45, 2.75) is 45.7 Å². The molecule has 1 saturated carbocycles. The molecule has 2 aromatic carbocycles. The molecule has 0 unspecified atom stereocenters. The Balaban J connectivity index is 1.09. The molecule has 9 heteroatoms. The monoisotopic (exact) mass is 585 g/mol. The number of hydrogen-bond donors (Lipinski definition) is 1. The van der Waals surface area contributed by atoms with Crippen molar-refractivity contribution in [2.75, 3.05) is 26.2 Å². The van der Waals surface area contributed by atoms with Crippen LogP contribution < -0.4 is 5.32 Å². The Kier molecular flexibility index (Phi) is 6.46. The maximum absolute atomic E-state index is 13.9. The second-order valence-corrected chi connectivity index (χ2v) is 13.8. The number of halogens is 1. The van der Waals surface area contributed by atoms with Crippen LogP contribution in [0.4, 0.5) is 0 Å². The Bertz CT molecular complexity index is 1560. The first kappa shape index (κ1) is 27.2. The van der Waals surface area contributed by atoms with Crippen LogP contribution in [0.25, 0.3) is 0 Å². The summed E-state index contributed by atoms with van der Waals surface area (Å²) < 4.78 is 1.77. The lowest BCUT2D eigenvalue weighted by Crippen LogP contribution is -2.64. The molecule has 2 aliphatic carbocycles. The Morgan fingerprint density at radius 1 is 1.02 bits per heavy atom. The van der Waals surface area contributed by atoms with Crippen molar-refractivity contribution in [2.24, 2.45) is 22.7 Å². The number of aromatic nitrogens is 2. The molecular formula is C33H36ClN5O3. The maximum Gasteiger partial charge on any atom is 0.257 e. The summed E-state index contributed by atoms with van der Waals surface area (Å²) >= 11 is 6.20. The number of benzene rings is 2. The van der Waals surface area contributed by atoms with E-state index in [4.69, 9.17) is 11.6 Å². The summed E-state index contributed by atoms with van der Waals surface area (Å²) in [7, 11) is 0. The first-order valence-corrected chi connectivity index (χ1v) is 15.2. The third kappa shape index (κ3) is 4.79. The van der Waals surface area contributed by atoms with E-state index in [1.54, 1.807) is 22.0 Å². The fourth-order valence-corrected chi connectivity index (χ4v) is 7.50. The number of amides is 3. The van der Waals surface area contributed by atoms with E-state index in [0.717, 1.165) is 30.4 Å². The van der Waals surface area contributed by atoms with Gasteiger partial charge in [0.25, 0.3) is 5.91 Å². The van der Waals surface area contributed by atoms with Gasteiger partial charge in [0, 0.05) is 48.7 Å². The summed E-state index contributed by atoms with van der Waals surface area (Å²) in [6, 6.07) is 15.8. The zero-order valence-electron chi connectivity index (χ0n) is 24.1. The molecule has 42 heavy (non-hydrogen) atoms. The highest BCUT2D eigenvalue weighted by Gasteiger charge is 2.62. The highest BCUT2D eigenvalue weighted by molar-refractivity contribution is 6.30. The molecule has 1 N–H and O–H groups in total. The molecule has 0 bridgehead atoms. The van der Waals surface area contributed by atoms with Crippen LogP contribution in [-0.4, -0.2) is 63.5 Å². The van der Waals surface area contributed by atoms with E-state index in [0.29, 0.717) is 43.3 Å². The lowest BCUT2D eigenvalue weighted by Gasteiger charge is -2.50. The fraction of sp³-hybridized carbons (Fsp3) is 0.455. The van der Waals surface area contributed by atoms with Gasteiger partial charge in [0.05, 0.1) is 30.3 Å². The molecule has 3 amide bonds. The zero-order valence-corrected chi connectivity index (χ0v) is 24.8. The van der Waals surface area contributed by atoms with Crippen molar-refractivity contribution in [3.8, 4) is 0 Å². The quantitative estimate of drug-likeness (QED) is 0.466. The second kappa shape index (κ2) is 9.97. The molecule has 2 saturated heterocycles.